The average Bonchev–Trinajstić information content (AvgIpc) is 3.28. The van der Waals surface area contributed by atoms with Crippen molar-refractivity contribution in [3.8, 4) is 0 Å². The Morgan fingerprint density at radius 2 is 1.96 bits per heavy atom. The molecule has 2 N–H and O–H groups in total. The van der Waals surface area contributed by atoms with Gasteiger partial charge in [0, 0.05) is 31.0 Å². The molecule has 0 spiro atoms. The van der Waals surface area contributed by atoms with Gasteiger partial charge in [-0.3, -0.25) is 4.40 Å². The minimum atomic E-state index is -0.174. The fraction of sp³-hybridized carbons (Fsp3) is 0.278. The number of anilines is 1. The van der Waals surface area contributed by atoms with Gasteiger partial charge in [-0.25, -0.2) is 4.79 Å². The van der Waals surface area contributed by atoms with E-state index in [9.17, 15) is 4.79 Å². The maximum absolute atomic E-state index is 12.2. The molecule has 1 fully saturated rings. The van der Waals surface area contributed by atoms with Crippen molar-refractivity contribution in [3.05, 3.63) is 60.6 Å². The summed E-state index contributed by atoms with van der Waals surface area (Å²) in [7, 11) is 0. The molecule has 128 valence electrons. The Morgan fingerprint density at radius 3 is 2.84 bits per heavy atom. The molecule has 2 amide bonds. The molecule has 1 saturated heterocycles. The van der Waals surface area contributed by atoms with Gasteiger partial charge >= 0.3 is 6.03 Å². The lowest BCUT2D eigenvalue weighted by atomic mass is 10.3. The summed E-state index contributed by atoms with van der Waals surface area (Å²) in [6.07, 6.45) is 2.83. The molecule has 4 rings (SSSR count). The number of aromatic nitrogens is 3. The van der Waals surface area contributed by atoms with Crippen LogP contribution in [0.4, 0.5) is 10.5 Å². The number of carbonyl (C=O) groups excluding carboxylic acids is 1. The molecule has 0 radical (unpaired) electrons. The predicted octanol–water partition coefficient (Wildman–Crippen LogP) is 1.81. The summed E-state index contributed by atoms with van der Waals surface area (Å²) in [5.74, 6) is 0.711. The van der Waals surface area contributed by atoms with E-state index < -0.39 is 0 Å². The van der Waals surface area contributed by atoms with Crippen LogP contribution in [0.5, 0.6) is 0 Å². The minimum Gasteiger partial charge on any atom is -0.369 e. The maximum Gasteiger partial charge on any atom is 0.315 e. The lowest BCUT2D eigenvalue weighted by molar-refractivity contribution is 0.237. The maximum atomic E-state index is 12.2. The smallest absolute Gasteiger partial charge is 0.315 e. The van der Waals surface area contributed by atoms with Crippen LogP contribution in [-0.2, 0) is 6.54 Å². The fourth-order valence-electron chi connectivity index (χ4n) is 3.16. The first-order valence-corrected chi connectivity index (χ1v) is 8.42. The number of pyridine rings is 1. The number of para-hydroxylation sites is 1. The summed E-state index contributed by atoms with van der Waals surface area (Å²) in [5, 5.41) is 14.1. The SMILES string of the molecule is O=C(NCc1nnc2ccccn12)N[C@@H]1CCN(c2ccccc2)C1. The summed E-state index contributed by atoms with van der Waals surface area (Å²) in [6, 6.07) is 15.9. The fourth-order valence-corrected chi connectivity index (χ4v) is 3.16. The summed E-state index contributed by atoms with van der Waals surface area (Å²) >= 11 is 0. The summed E-state index contributed by atoms with van der Waals surface area (Å²) in [5.41, 5.74) is 1.97. The van der Waals surface area contributed by atoms with Gasteiger partial charge in [-0.2, -0.15) is 0 Å². The Morgan fingerprint density at radius 1 is 1.12 bits per heavy atom. The third-order valence-electron chi connectivity index (χ3n) is 4.44. The van der Waals surface area contributed by atoms with Gasteiger partial charge in [0.05, 0.1) is 6.54 Å². The molecule has 0 bridgehead atoms. The van der Waals surface area contributed by atoms with Crippen LogP contribution in [0.2, 0.25) is 0 Å². The van der Waals surface area contributed by atoms with E-state index in [1.54, 1.807) is 0 Å². The van der Waals surface area contributed by atoms with E-state index in [-0.39, 0.29) is 12.1 Å². The first-order valence-electron chi connectivity index (χ1n) is 8.42. The lowest BCUT2D eigenvalue weighted by Crippen LogP contribution is -2.43. The molecular weight excluding hydrogens is 316 g/mol. The Hall–Kier alpha value is -3.09. The van der Waals surface area contributed by atoms with Crippen LogP contribution in [-0.4, -0.2) is 39.8 Å². The number of nitrogens with one attached hydrogen (secondary N) is 2. The Kier molecular flexibility index (Phi) is 4.20. The normalized spacial score (nSPS) is 17.0. The standard InChI is InChI=1S/C18H20N6O/c25-18(19-12-17-22-21-16-8-4-5-10-24(16)17)20-14-9-11-23(13-14)15-6-2-1-3-7-15/h1-8,10,14H,9,11-13H2,(H2,19,20,25)/t14-/m1/s1. The van der Waals surface area contributed by atoms with Crippen LogP contribution in [0.3, 0.4) is 0 Å². The largest absolute Gasteiger partial charge is 0.369 e. The molecular formula is C18H20N6O. The molecule has 0 saturated carbocycles. The van der Waals surface area contributed by atoms with E-state index in [1.165, 1.54) is 5.69 Å². The van der Waals surface area contributed by atoms with Gasteiger partial charge in [-0.1, -0.05) is 24.3 Å². The molecule has 0 unspecified atom stereocenters. The van der Waals surface area contributed by atoms with Crippen LogP contribution < -0.4 is 15.5 Å². The quantitative estimate of drug-likeness (QED) is 0.762. The number of carbonyl (C=O) groups is 1. The zero-order valence-corrected chi connectivity index (χ0v) is 13.8. The summed E-state index contributed by atoms with van der Waals surface area (Å²) in [6.45, 7) is 2.11. The highest BCUT2D eigenvalue weighted by molar-refractivity contribution is 5.74. The second-order valence-electron chi connectivity index (χ2n) is 6.14. The number of benzene rings is 1. The average molecular weight is 336 g/mol. The number of urea groups is 1. The third kappa shape index (κ3) is 3.40. The minimum absolute atomic E-state index is 0.148. The van der Waals surface area contributed by atoms with Gasteiger partial charge in [0.1, 0.15) is 0 Å². The van der Waals surface area contributed by atoms with Crippen molar-refractivity contribution in [1.82, 2.24) is 25.2 Å². The zero-order valence-electron chi connectivity index (χ0n) is 13.8. The van der Waals surface area contributed by atoms with E-state index in [0.717, 1.165) is 25.2 Å². The third-order valence-corrected chi connectivity index (χ3v) is 4.44. The van der Waals surface area contributed by atoms with Gasteiger partial charge < -0.3 is 15.5 Å². The number of rotatable bonds is 4. The van der Waals surface area contributed by atoms with Crippen molar-refractivity contribution in [2.45, 2.75) is 19.0 Å². The van der Waals surface area contributed by atoms with Crippen LogP contribution >= 0.6 is 0 Å². The van der Waals surface area contributed by atoms with Crippen LogP contribution in [0, 0.1) is 0 Å². The highest BCUT2D eigenvalue weighted by Gasteiger charge is 2.24. The molecule has 1 aliphatic heterocycles. The van der Waals surface area contributed by atoms with Gasteiger partial charge in [0.25, 0.3) is 0 Å². The molecule has 1 atom stereocenters. The van der Waals surface area contributed by atoms with Crippen molar-refractivity contribution in [1.29, 1.82) is 0 Å². The van der Waals surface area contributed by atoms with Gasteiger partial charge in [0.15, 0.2) is 11.5 Å². The molecule has 1 aliphatic rings. The lowest BCUT2D eigenvalue weighted by Gasteiger charge is -2.19. The molecule has 0 aliphatic carbocycles. The first-order chi connectivity index (χ1) is 12.3. The molecule has 3 aromatic rings. The highest BCUT2D eigenvalue weighted by atomic mass is 16.2. The number of hydrogen-bond acceptors (Lipinski definition) is 4. The van der Waals surface area contributed by atoms with Crippen LogP contribution in [0.25, 0.3) is 5.65 Å². The monoisotopic (exact) mass is 336 g/mol. The topological polar surface area (TPSA) is 74.6 Å². The first kappa shape index (κ1) is 15.4. The van der Waals surface area contributed by atoms with E-state index in [0.29, 0.717) is 12.4 Å². The number of nitrogens with zero attached hydrogens (tertiary/aromatic N) is 4. The van der Waals surface area contributed by atoms with Crippen molar-refractivity contribution < 1.29 is 4.79 Å². The molecule has 3 heterocycles. The molecule has 7 heteroatoms. The number of amides is 2. The van der Waals surface area contributed by atoms with Crippen molar-refractivity contribution >= 4 is 17.4 Å². The molecule has 2 aromatic heterocycles. The highest BCUT2D eigenvalue weighted by Crippen LogP contribution is 2.19. The van der Waals surface area contributed by atoms with Gasteiger partial charge in [0.2, 0.25) is 0 Å². The van der Waals surface area contributed by atoms with Gasteiger partial charge in [-0.05, 0) is 30.7 Å². The van der Waals surface area contributed by atoms with Crippen LogP contribution in [0.15, 0.2) is 54.7 Å². The Bertz CT molecular complexity index is 862. The van der Waals surface area contributed by atoms with Gasteiger partial charge in [-0.15, -0.1) is 10.2 Å². The zero-order chi connectivity index (χ0) is 17.1. The summed E-state index contributed by atoms with van der Waals surface area (Å²) < 4.78 is 1.87. The number of fused-ring (bicyclic) bond motifs is 1. The van der Waals surface area contributed by atoms with E-state index >= 15 is 0 Å². The Labute approximate surface area is 145 Å². The second-order valence-corrected chi connectivity index (χ2v) is 6.14. The number of hydrogen-bond donors (Lipinski definition) is 2. The predicted molar refractivity (Wildman–Crippen MR) is 95.4 cm³/mol. The van der Waals surface area contributed by atoms with Crippen molar-refractivity contribution in [2.24, 2.45) is 0 Å². The van der Waals surface area contributed by atoms with Crippen molar-refractivity contribution in [3.63, 3.8) is 0 Å². The van der Waals surface area contributed by atoms with E-state index in [2.05, 4.69) is 37.9 Å². The molecule has 25 heavy (non-hydrogen) atoms. The molecule has 1 aromatic carbocycles. The van der Waals surface area contributed by atoms with Crippen molar-refractivity contribution in [2.75, 3.05) is 18.0 Å². The second kappa shape index (κ2) is 6.80. The molecule has 7 nitrogen and oxygen atoms in total. The summed E-state index contributed by atoms with van der Waals surface area (Å²) in [4.78, 5) is 14.5. The van der Waals surface area contributed by atoms with E-state index in [4.69, 9.17) is 0 Å². The van der Waals surface area contributed by atoms with E-state index in [1.807, 2.05) is 47.0 Å². The Balaban J connectivity index is 1.30. The van der Waals surface area contributed by atoms with Crippen LogP contribution in [0.1, 0.15) is 12.2 Å².